The zero-order valence-corrected chi connectivity index (χ0v) is 19.0. The summed E-state index contributed by atoms with van der Waals surface area (Å²) in [6.45, 7) is 1.08. The molecule has 0 bridgehead atoms. The number of rotatable bonds is 12. The summed E-state index contributed by atoms with van der Waals surface area (Å²) in [6.07, 6.45) is 11.6. The van der Waals surface area contributed by atoms with Crippen molar-refractivity contribution in [3.63, 3.8) is 0 Å². The van der Waals surface area contributed by atoms with Gasteiger partial charge in [0.25, 0.3) is 5.91 Å². The van der Waals surface area contributed by atoms with Crippen LogP contribution in [-0.4, -0.2) is 41.3 Å². The van der Waals surface area contributed by atoms with Gasteiger partial charge in [-0.3, -0.25) is 9.59 Å². The molecule has 0 spiro atoms. The van der Waals surface area contributed by atoms with E-state index in [1.54, 1.807) is 33.9 Å². The van der Waals surface area contributed by atoms with Gasteiger partial charge >= 0.3 is 0 Å². The van der Waals surface area contributed by atoms with E-state index in [1.807, 2.05) is 18.2 Å². The number of allylic oxidation sites excluding steroid dienone is 1. The van der Waals surface area contributed by atoms with E-state index in [0.717, 1.165) is 55.7 Å². The molecule has 30 heavy (non-hydrogen) atoms. The number of halogens is 1. The second kappa shape index (κ2) is 14.5. The first-order valence-electron chi connectivity index (χ1n) is 10.7. The number of alkyl halides is 1. The minimum atomic E-state index is -1.87. The average molecular weight is 454 g/mol. The van der Waals surface area contributed by atoms with E-state index in [-0.39, 0.29) is 12.3 Å². The van der Waals surface area contributed by atoms with E-state index < -0.39 is 11.6 Å². The van der Waals surface area contributed by atoms with Crippen molar-refractivity contribution in [2.24, 2.45) is 0 Å². The van der Waals surface area contributed by atoms with Gasteiger partial charge in [-0.25, -0.2) is 9.37 Å². The van der Waals surface area contributed by atoms with Crippen LogP contribution in [0, 0.1) is 0 Å². The Hall–Kier alpha value is -1.54. The van der Waals surface area contributed by atoms with E-state index in [4.69, 9.17) is 0 Å². The lowest BCUT2D eigenvalue weighted by atomic mass is 9.93. The van der Waals surface area contributed by atoms with E-state index in [1.165, 1.54) is 6.08 Å². The van der Waals surface area contributed by atoms with Gasteiger partial charge in [-0.1, -0.05) is 35.8 Å². The van der Waals surface area contributed by atoms with Crippen LogP contribution in [0.4, 0.5) is 4.39 Å². The highest BCUT2D eigenvalue weighted by Crippen LogP contribution is 2.28. The molecule has 2 amide bonds. The average Bonchev–Trinajstić information content (AvgIpc) is 2.73. The van der Waals surface area contributed by atoms with Crippen LogP contribution in [-0.2, 0) is 9.59 Å². The molecule has 2 N–H and O–H groups in total. The number of aromatic nitrogens is 1. The molecular weight excluding hydrogens is 421 g/mol. The third kappa shape index (κ3) is 9.98. The van der Waals surface area contributed by atoms with Crippen molar-refractivity contribution in [1.29, 1.82) is 0 Å². The summed E-state index contributed by atoms with van der Waals surface area (Å²) in [6, 6.07) is 5.80. The molecule has 0 saturated heterocycles. The molecule has 0 fully saturated rings. The molecule has 5 nitrogen and oxygen atoms in total. The molecule has 0 saturated carbocycles. The zero-order valence-electron chi connectivity index (χ0n) is 17.4. The van der Waals surface area contributed by atoms with Crippen LogP contribution in [0.25, 0.3) is 0 Å². The maximum absolute atomic E-state index is 14.8. The first-order chi connectivity index (χ1) is 14.6. The Labute approximate surface area is 186 Å². The predicted molar refractivity (Wildman–Crippen MR) is 123 cm³/mol. The number of pyridine rings is 1. The van der Waals surface area contributed by atoms with Crippen molar-refractivity contribution in [3.05, 3.63) is 36.5 Å². The summed E-state index contributed by atoms with van der Waals surface area (Å²) in [5, 5.41) is 6.59. The number of carbonyl (C=O) groups excluding carboxylic acids is 2. The first-order valence-corrected chi connectivity index (χ1v) is 13.0. The van der Waals surface area contributed by atoms with Crippen molar-refractivity contribution < 1.29 is 14.0 Å². The fourth-order valence-electron chi connectivity index (χ4n) is 3.12. The Morgan fingerprint density at radius 3 is 2.83 bits per heavy atom. The summed E-state index contributed by atoms with van der Waals surface area (Å²) in [5.41, 5.74) is -1.87. The Bertz CT molecular complexity index is 676. The van der Waals surface area contributed by atoms with E-state index >= 15 is 0 Å². The van der Waals surface area contributed by atoms with Gasteiger partial charge < -0.3 is 10.6 Å². The Balaban J connectivity index is 1.46. The number of nitrogens with one attached hydrogen (secondary N) is 2. The fraction of sp³-hybridized carbons (Fsp3) is 0.591. The summed E-state index contributed by atoms with van der Waals surface area (Å²) in [7, 11) is 3.27. The minimum absolute atomic E-state index is 0.0461. The summed E-state index contributed by atoms with van der Waals surface area (Å²) >= 11 is 0. The van der Waals surface area contributed by atoms with Crippen LogP contribution in [0.2, 0.25) is 0 Å². The topological polar surface area (TPSA) is 71.1 Å². The Morgan fingerprint density at radius 2 is 2.00 bits per heavy atom. The molecular formula is C22H32FN3O2S2. The molecule has 8 heteroatoms. The Morgan fingerprint density at radius 1 is 1.10 bits per heavy atom. The van der Waals surface area contributed by atoms with Crippen molar-refractivity contribution in [2.45, 2.75) is 68.5 Å². The van der Waals surface area contributed by atoms with Crippen molar-refractivity contribution in [1.82, 2.24) is 15.6 Å². The molecule has 1 atom stereocenters. The minimum Gasteiger partial charge on any atom is -0.355 e. The number of carbonyl (C=O) groups is 2. The van der Waals surface area contributed by atoms with E-state index in [2.05, 4.69) is 15.6 Å². The molecule has 1 aliphatic rings. The number of unbranched alkanes of at least 4 members (excludes halogenated alkanes) is 2. The van der Waals surface area contributed by atoms with Gasteiger partial charge in [0, 0.05) is 31.5 Å². The molecule has 166 valence electrons. The number of amides is 2. The van der Waals surface area contributed by atoms with Gasteiger partial charge in [0.1, 0.15) is 5.03 Å². The third-order valence-corrected chi connectivity index (χ3v) is 7.09. The van der Waals surface area contributed by atoms with Crippen LogP contribution >= 0.6 is 21.6 Å². The van der Waals surface area contributed by atoms with Crippen LogP contribution in [0.1, 0.15) is 57.8 Å². The lowest BCUT2D eigenvalue weighted by Crippen LogP contribution is -2.42. The van der Waals surface area contributed by atoms with Crippen molar-refractivity contribution in [3.8, 4) is 0 Å². The van der Waals surface area contributed by atoms with Gasteiger partial charge in [-0.2, -0.15) is 0 Å². The van der Waals surface area contributed by atoms with Gasteiger partial charge in [-0.15, -0.1) is 0 Å². The molecule has 2 rings (SSSR count). The molecule has 1 heterocycles. The fourth-order valence-corrected chi connectivity index (χ4v) is 4.90. The molecule has 0 aliphatic heterocycles. The maximum atomic E-state index is 14.8. The van der Waals surface area contributed by atoms with Crippen LogP contribution in [0.5, 0.6) is 0 Å². The first kappa shape index (κ1) is 24.7. The highest BCUT2D eigenvalue weighted by atomic mass is 33.1. The number of nitrogens with zero attached hydrogens (tertiary/aromatic N) is 1. The molecule has 0 aromatic carbocycles. The SMILES string of the molecule is O=C(CCCCCNC(=O)C1(F)/C=C\CCCCC1)NCCSSc1ccccn1. The summed E-state index contributed by atoms with van der Waals surface area (Å²) < 4.78 is 14.8. The molecule has 1 unspecified atom stereocenters. The molecule has 1 aromatic rings. The van der Waals surface area contributed by atoms with Crippen LogP contribution < -0.4 is 10.6 Å². The van der Waals surface area contributed by atoms with E-state index in [0.29, 0.717) is 19.5 Å². The van der Waals surface area contributed by atoms with Gasteiger partial charge in [0.15, 0.2) is 0 Å². The molecule has 1 aromatic heterocycles. The van der Waals surface area contributed by atoms with E-state index in [9.17, 15) is 14.0 Å². The Kier molecular flexibility index (Phi) is 11.9. The molecule has 1 aliphatic carbocycles. The predicted octanol–water partition coefficient (Wildman–Crippen LogP) is 4.84. The monoisotopic (exact) mass is 453 g/mol. The lowest BCUT2D eigenvalue weighted by Gasteiger charge is -2.22. The maximum Gasteiger partial charge on any atom is 0.261 e. The highest BCUT2D eigenvalue weighted by Gasteiger charge is 2.35. The van der Waals surface area contributed by atoms with Crippen molar-refractivity contribution in [2.75, 3.05) is 18.8 Å². The smallest absolute Gasteiger partial charge is 0.261 e. The lowest BCUT2D eigenvalue weighted by molar-refractivity contribution is -0.130. The van der Waals surface area contributed by atoms with Gasteiger partial charge in [0.2, 0.25) is 11.6 Å². The quantitative estimate of drug-likeness (QED) is 0.269. The largest absolute Gasteiger partial charge is 0.355 e. The normalized spacial score (nSPS) is 20.0. The highest BCUT2D eigenvalue weighted by molar-refractivity contribution is 8.76. The molecule has 0 radical (unpaired) electrons. The number of hydrogen-bond donors (Lipinski definition) is 2. The van der Waals surface area contributed by atoms with Crippen molar-refractivity contribution >= 4 is 33.4 Å². The second-order valence-electron chi connectivity index (χ2n) is 7.35. The summed E-state index contributed by atoms with van der Waals surface area (Å²) in [5.74, 6) is 0.336. The second-order valence-corrected chi connectivity index (χ2v) is 9.79. The van der Waals surface area contributed by atoms with Gasteiger partial charge in [0.05, 0.1) is 0 Å². The summed E-state index contributed by atoms with van der Waals surface area (Å²) in [4.78, 5) is 28.3. The standard InChI is InChI=1S/C22H32FN3O2S2/c23-22(13-7-2-1-3-8-14-22)21(28)26-16-9-4-5-11-19(27)24-17-18-29-30-20-12-6-10-15-25-20/h6-7,10,12-13,15H,1-5,8-9,11,14,16-18H2,(H,24,27)(H,26,28)/b13-7-. The van der Waals surface area contributed by atoms with Gasteiger partial charge in [-0.05, 0) is 67.5 Å². The third-order valence-electron chi connectivity index (χ3n) is 4.83. The zero-order chi connectivity index (χ0) is 21.5. The number of hydrogen-bond acceptors (Lipinski definition) is 5. The van der Waals surface area contributed by atoms with Crippen LogP contribution in [0.3, 0.4) is 0 Å². The van der Waals surface area contributed by atoms with Crippen LogP contribution in [0.15, 0.2) is 41.6 Å².